The van der Waals surface area contributed by atoms with Gasteiger partial charge in [0.2, 0.25) is 0 Å². The van der Waals surface area contributed by atoms with Gasteiger partial charge in [0, 0.05) is 0 Å². The van der Waals surface area contributed by atoms with Crippen LogP contribution in [0, 0.1) is 0 Å². The predicted molar refractivity (Wildman–Crippen MR) is 46.2 cm³/mol. The normalized spacial score (nSPS) is 9.50. The molecule has 0 unspecified atom stereocenters. The van der Waals surface area contributed by atoms with Crippen LogP contribution in [-0.4, -0.2) is 38.8 Å². The summed E-state index contributed by atoms with van der Waals surface area (Å²) in [4.78, 5) is 2.11. The van der Waals surface area contributed by atoms with Crippen molar-refractivity contribution in [2.24, 2.45) is 0 Å². The average molecular weight is 329 g/mol. The van der Waals surface area contributed by atoms with Gasteiger partial charge in [0.25, 0.3) is 0 Å². The van der Waals surface area contributed by atoms with E-state index < -0.39 is 0 Å². The van der Waals surface area contributed by atoms with Gasteiger partial charge in [-0.2, -0.15) is 0 Å². The SMILES string of the molecule is CN(C)c1cc[c]([Bi])cc1. The molecule has 1 rings (SSSR count). The third-order valence-electron chi connectivity index (χ3n) is 1.37. The Morgan fingerprint density at radius 3 is 2.00 bits per heavy atom. The van der Waals surface area contributed by atoms with E-state index in [1.165, 1.54) is 33.7 Å². The van der Waals surface area contributed by atoms with Crippen LogP contribution in [0.15, 0.2) is 24.3 Å². The van der Waals surface area contributed by atoms with E-state index in [4.69, 9.17) is 0 Å². The number of hydrogen-bond acceptors (Lipinski definition) is 1. The van der Waals surface area contributed by atoms with E-state index in [1.54, 1.807) is 0 Å². The summed E-state index contributed by atoms with van der Waals surface area (Å²) in [5, 5.41) is 0. The molecule has 0 amide bonds. The summed E-state index contributed by atoms with van der Waals surface area (Å²) in [6.07, 6.45) is 0. The van der Waals surface area contributed by atoms with Crippen molar-refractivity contribution in [3.63, 3.8) is 0 Å². The van der Waals surface area contributed by atoms with E-state index in [1.807, 2.05) is 0 Å². The first kappa shape index (κ1) is 8.00. The van der Waals surface area contributed by atoms with Crippen LogP contribution in [0.3, 0.4) is 0 Å². The molecule has 0 fully saturated rings. The molecule has 0 aromatic heterocycles. The van der Waals surface area contributed by atoms with Gasteiger partial charge in [0.15, 0.2) is 0 Å². The standard InChI is InChI=1S/C8H10N.Bi/c1-9(2)8-6-4-3-5-7-8;/h4-7H,1-2H3;. The second-order valence-corrected chi connectivity index (χ2v) is 4.42. The Hall–Kier alpha value is -0.0969. The van der Waals surface area contributed by atoms with Crippen molar-refractivity contribution in [2.75, 3.05) is 19.0 Å². The van der Waals surface area contributed by atoms with Gasteiger partial charge in [0.1, 0.15) is 0 Å². The zero-order chi connectivity index (χ0) is 7.56. The molecule has 0 aliphatic heterocycles. The molecule has 0 atom stereocenters. The minimum atomic E-state index is 1.27. The number of benzene rings is 1. The molecule has 52 valence electrons. The third kappa shape index (κ3) is 1.95. The molecule has 0 N–H and O–H groups in total. The number of hydrogen-bond donors (Lipinski definition) is 0. The van der Waals surface area contributed by atoms with E-state index in [2.05, 4.69) is 43.3 Å². The number of rotatable bonds is 1. The molecule has 0 aliphatic carbocycles. The van der Waals surface area contributed by atoms with Gasteiger partial charge in [-0.1, -0.05) is 0 Å². The molecule has 0 saturated carbocycles. The van der Waals surface area contributed by atoms with Crippen molar-refractivity contribution in [1.29, 1.82) is 0 Å². The number of nitrogens with zero attached hydrogens (tertiary/aromatic N) is 1. The first-order valence-corrected chi connectivity index (χ1v) is 4.90. The van der Waals surface area contributed by atoms with Crippen molar-refractivity contribution in [2.45, 2.75) is 0 Å². The maximum absolute atomic E-state index is 2.17. The van der Waals surface area contributed by atoms with Crippen molar-refractivity contribution in [3.05, 3.63) is 24.3 Å². The number of anilines is 1. The monoisotopic (exact) mass is 329 g/mol. The van der Waals surface area contributed by atoms with Crippen LogP contribution in [0.2, 0.25) is 0 Å². The van der Waals surface area contributed by atoms with Gasteiger partial charge < -0.3 is 0 Å². The van der Waals surface area contributed by atoms with Crippen LogP contribution in [0.1, 0.15) is 0 Å². The minimum absolute atomic E-state index is 1.27. The fourth-order valence-electron chi connectivity index (χ4n) is 0.751. The van der Waals surface area contributed by atoms with Crippen LogP contribution in [0.4, 0.5) is 5.69 Å². The van der Waals surface area contributed by atoms with Gasteiger partial charge in [-0.3, -0.25) is 0 Å². The molecule has 0 saturated heterocycles. The quantitative estimate of drug-likeness (QED) is 0.680. The molecular weight excluding hydrogens is 319 g/mol. The van der Waals surface area contributed by atoms with Crippen LogP contribution in [-0.2, 0) is 0 Å². The summed E-state index contributed by atoms with van der Waals surface area (Å²) in [6, 6.07) is 8.64. The fourth-order valence-corrected chi connectivity index (χ4v) is 1.33. The topological polar surface area (TPSA) is 3.24 Å². The van der Waals surface area contributed by atoms with Crippen molar-refractivity contribution in [3.8, 4) is 0 Å². The predicted octanol–water partition coefficient (Wildman–Crippen LogP) is 0.546. The molecule has 10 heavy (non-hydrogen) atoms. The summed E-state index contributed by atoms with van der Waals surface area (Å²) in [5.74, 6) is 0. The van der Waals surface area contributed by atoms with Crippen LogP contribution in [0.5, 0.6) is 0 Å². The molecule has 0 spiro atoms. The van der Waals surface area contributed by atoms with Crippen LogP contribution >= 0.6 is 0 Å². The van der Waals surface area contributed by atoms with Crippen molar-refractivity contribution >= 4 is 33.7 Å². The fraction of sp³-hybridized carbons (Fsp3) is 0.250. The van der Waals surface area contributed by atoms with Crippen LogP contribution in [0.25, 0.3) is 0 Å². The van der Waals surface area contributed by atoms with E-state index >= 15 is 0 Å². The van der Waals surface area contributed by atoms with E-state index in [-0.39, 0.29) is 0 Å². The van der Waals surface area contributed by atoms with Crippen molar-refractivity contribution in [1.82, 2.24) is 0 Å². The zero-order valence-electron chi connectivity index (χ0n) is 6.20. The summed E-state index contributed by atoms with van der Waals surface area (Å²) in [5.41, 5.74) is 1.27. The Morgan fingerprint density at radius 1 is 1.10 bits per heavy atom. The molecule has 0 heterocycles. The molecule has 2 heteroatoms. The molecule has 1 aromatic carbocycles. The Kier molecular flexibility index (Phi) is 2.67. The molecule has 2 radical (unpaired) electrons. The van der Waals surface area contributed by atoms with Crippen LogP contribution < -0.4 is 8.17 Å². The van der Waals surface area contributed by atoms with Gasteiger partial charge in [-0.25, -0.2) is 0 Å². The van der Waals surface area contributed by atoms with Gasteiger partial charge >= 0.3 is 76.9 Å². The Labute approximate surface area is 76.9 Å². The molecular formula is C8H10BiN. The average Bonchev–Trinajstić information content (AvgIpc) is 1.88. The van der Waals surface area contributed by atoms with Crippen molar-refractivity contribution < 1.29 is 0 Å². The van der Waals surface area contributed by atoms with Gasteiger partial charge in [-0.15, -0.1) is 0 Å². The maximum atomic E-state index is 2.17. The summed E-state index contributed by atoms with van der Waals surface area (Å²) >= 11 is 1.34. The Morgan fingerprint density at radius 2 is 1.60 bits per heavy atom. The second-order valence-electron chi connectivity index (χ2n) is 2.41. The van der Waals surface area contributed by atoms with Gasteiger partial charge in [0.05, 0.1) is 0 Å². The molecule has 0 bridgehead atoms. The third-order valence-corrected chi connectivity index (χ3v) is 2.53. The molecule has 1 nitrogen and oxygen atoms in total. The second kappa shape index (κ2) is 3.34. The molecule has 1 aromatic rings. The zero-order valence-corrected chi connectivity index (χ0v) is 9.68. The summed E-state index contributed by atoms with van der Waals surface area (Å²) < 4.78 is 1.42. The van der Waals surface area contributed by atoms with E-state index in [0.717, 1.165) is 0 Å². The molecule has 0 aliphatic rings. The van der Waals surface area contributed by atoms with E-state index in [0.29, 0.717) is 0 Å². The van der Waals surface area contributed by atoms with Gasteiger partial charge in [-0.05, 0) is 0 Å². The summed E-state index contributed by atoms with van der Waals surface area (Å²) in [7, 11) is 4.11. The first-order chi connectivity index (χ1) is 4.70. The Balaban J connectivity index is 2.89. The first-order valence-electron chi connectivity index (χ1n) is 3.16. The Bertz CT molecular complexity index is 203. The summed E-state index contributed by atoms with van der Waals surface area (Å²) in [6.45, 7) is 0. The van der Waals surface area contributed by atoms with E-state index in [9.17, 15) is 0 Å².